The predicted molar refractivity (Wildman–Crippen MR) is 117 cm³/mol. The number of rotatable bonds is 7. The summed E-state index contributed by atoms with van der Waals surface area (Å²) >= 11 is 0. The van der Waals surface area contributed by atoms with Crippen molar-refractivity contribution < 1.29 is 9.47 Å². The fourth-order valence-electron chi connectivity index (χ4n) is 3.79. The van der Waals surface area contributed by atoms with Gasteiger partial charge in [-0.2, -0.15) is 4.98 Å². The molecule has 1 fully saturated rings. The number of piperidine rings is 1. The topological polar surface area (TPSA) is 85.5 Å². The Morgan fingerprint density at radius 1 is 1.14 bits per heavy atom. The Morgan fingerprint density at radius 3 is 2.38 bits per heavy atom. The molecule has 0 saturated carbocycles. The van der Waals surface area contributed by atoms with E-state index in [0.717, 1.165) is 42.8 Å². The van der Waals surface area contributed by atoms with Crippen LogP contribution in [-0.2, 0) is 6.42 Å². The average Bonchev–Trinajstić information content (AvgIpc) is 2.71. The lowest BCUT2D eigenvalue weighted by Gasteiger charge is -2.29. The van der Waals surface area contributed by atoms with Crippen LogP contribution >= 0.6 is 0 Å². The zero-order valence-corrected chi connectivity index (χ0v) is 18.2. The summed E-state index contributed by atoms with van der Waals surface area (Å²) in [4.78, 5) is 11.4. The number of nitrogens with zero attached hydrogens (tertiary/aromatic N) is 3. The average molecular weight is 400 g/mol. The number of hydrogen-bond donors (Lipinski definition) is 2. The lowest BCUT2D eigenvalue weighted by atomic mass is 9.92. The van der Waals surface area contributed by atoms with E-state index in [2.05, 4.69) is 41.1 Å². The van der Waals surface area contributed by atoms with Crippen molar-refractivity contribution in [2.75, 3.05) is 45.4 Å². The van der Waals surface area contributed by atoms with Gasteiger partial charge < -0.3 is 25.4 Å². The fourth-order valence-corrected chi connectivity index (χ4v) is 3.79. The van der Waals surface area contributed by atoms with Crippen molar-refractivity contribution in [2.45, 2.75) is 45.1 Å². The smallest absolute Gasteiger partial charge is 0.224 e. The number of anilines is 2. The van der Waals surface area contributed by atoms with Crippen LogP contribution in [0.5, 0.6) is 11.5 Å². The van der Waals surface area contributed by atoms with E-state index in [-0.39, 0.29) is 0 Å². The standard InChI is InChI=1S/C22H33N5O2/c1-14(2)18-12-20(29-5)19(28-4)11-15(18)10-16-13-24-22(26-21(16)23)25-17-6-8-27(3)9-7-17/h11-14,17H,6-10H2,1-5H3,(H3,23,24,25,26). The van der Waals surface area contributed by atoms with Gasteiger partial charge in [-0.25, -0.2) is 4.98 Å². The lowest BCUT2D eigenvalue weighted by Crippen LogP contribution is -2.37. The van der Waals surface area contributed by atoms with Crippen LogP contribution in [0.25, 0.3) is 0 Å². The second-order valence-electron chi connectivity index (χ2n) is 8.06. The number of nitrogen functional groups attached to an aromatic ring is 1. The van der Waals surface area contributed by atoms with Crippen molar-refractivity contribution in [1.82, 2.24) is 14.9 Å². The van der Waals surface area contributed by atoms with E-state index >= 15 is 0 Å². The summed E-state index contributed by atoms with van der Waals surface area (Å²) in [6, 6.07) is 4.47. The van der Waals surface area contributed by atoms with Crippen LogP contribution in [0.1, 0.15) is 49.3 Å². The molecule has 0 amide bonds. The number of aromatic nitrogens is 2. The molecule has 3 N–H and O–H groups in total. The zero-order valence-electron chi connectivity index (χ0n) is 18.2. The molecule has 158 valence electrons. The molecule has 1 aromatic carbocycles. The first-order valence-corrected chi connectivity index (χ1v) is 10.2. The highest BCUT2D eigenvalue weighted by Crippen LogP contribution is 2.35. The largest absolute Gasteiger partial charge is 0.493 e. The number of nitrogens with two attached hydrogens (primary N) is 1. The fraction of sp³-hybridized carbons (Fsp3) is 0.545. The van der Waals surface area contributed by atoms with Crippen LogP contribution in [0.2, 0.25) is 0 Å². The monoisotopic (exact) mass is 399 g/mol. The molecule has 2 heterocycles. The van der Waals surface area contributed by atoms with Crippen molar-refractivity contribution >= 4 is 11.8 Å². The van der Waals surface area contributed by atoms with Crippen molar-refractivity contribution in [3.05, 3.63) is 35.0 Å². The first-order chi connectivity index (χ1) is 13.9. The van der Waals surface area contributed by atoms with E-state index < -0.39 is 0 Å². The van der Waals surface area contributed by atoms with Crippen LogP contribution in [0, 0.1) is 0 Å². The Labute approximate surface area is 173 Å². The maximum Gasteiger partial charge on any atom is 0.224 e. The van der Waals surface area contributed by atoms with Gasteiger partial charge in [0.25, 0.3) is 0 Å². The Hall–Kier alpha value is -2.54. The summed E-state index contributed by atoms with van der Waals surface area (Å²) in [5, 5.41) is 3.43. The van der Waals surface area contributed by atoms with Gasteiger partial charge >= 0.3 is 0 Å². The van der Waals surface area contributed by atoms with Gasteiger partial charge in [0, 0.05) is 24.2 Å². The molecule has 0 spiro atoms. The highest BCUT2D eigenvalue weighted by Gasteiger charge is 2.19. The van der Waals surface area contributed by atoms with E-state index in [1.54, 1.807) is 14.2 Å². The number of nitrogens with one attached hydrogen (secondary N) is 1. The summed E-state index contributed by atoms with van der Waals surface area (Å²) in [5.74, 6) is 2.92. The maximum absolute atomic E-state index is 6.29. The van der Waals surface area contributed by atoms with Gasteiger partial charge in [-0.3, -0.25) is 0 Å². The maximum atomic E-state index is 6.29. The van der Waals surface area contributed by atoms with E-state index in [1.807, 2.05) is 18.3 Å². The molecule has 2 aromatic rings. The molecule has 0 bridgehead atoms. The molecule has 1 aliphatic rings. The van der Waals surface area contributed by atoms with Gasteiger partial charge in [0.1, 0.15) is 5.82 Å². The predicted octanol–water partition coefficient (Wildman–Crippen LogP) is 3.30. The van der Waals surface area contributed by atoms with Gasteiger partial charge in [-0.15, -0.1) is 0 Å². The van der Waals surface area contributed by atoms with Gasteiger partial charge in [0.05, 0.1) is 14.2 Å². The van der Waals surface area contributed by atoms with Gasteiger partial charge in [-0.05, 0) is 62.2 Å². The van der Waals surface area contributed by atoms with Crippen LogP contribution in [0.3, 0.4) is 0 Å². The third-order valence-electron chi connectivity index (χ3n) is 5.60. The number of methoxy groups -OCH3 is 2. The molecular weight excluding hydrogens is 366 g/mol. The molecule has 1 aromatic heterocycles. The molecule has 0 atom stereocenters. The number of hydrogen-bond acceptors (Lipinski definition) is 7. The minimum atomic E-state index is 0.345. The van der Waals surface area contributed by atoms with E-state index in [1.165, 1.54) is 5.56 Å². The van der Waals surface area contributed by atoms with Crippen molar-refractivity contribution in [2.24, 2.45) is 0 Å². The highest BCUT2D eigenvalue weighted by atomic mass is 16.5. The molecule has 0 aliphatic carbocycles. The first kappa shape index (κ1) is 21.2. The van der Waals surface area contributed by atoms with Crippen LogP contribution in [-0.4, -0.2) is 55.3 Å². The lowest BCUT2D eigenvalue weighted by molar-refractivity contribution is 0.263. The third-order valence-corrected chi connectivity index (χ3v) is 5.60. The Balaban J connectivity index is 1.79. The summed E-state index contributed by atoms with van der Waals surface area (Å²) < 4.78 is 11.0. The van der Waals surface area contributed by atoms with Crippen LogP contribution < -0.4 is 20.5 Å². The molecule has 0 radical (unpaired) electrons. The number of likely N-dealkylation sites (tertiary alicyclic amines) is 1. The first-order valence-electron chi connectivity index (χ1n) is 10.2. The van der Waals surface area contributed by atoms with Crippen LogP contribution in [0.4, 0.5) is 11.8 Å². The molecule has 7 heteroatoms. The van der Waals surface area contributed by atoms with Crippen LogP contribution in [0.15, 0.2) is 18.3 Å². The summed E-state index contributed by atoms with van der Waals surface area (Å²) in [6.07, 6.45) is 4.66. The third kappa shape index (κ3) is 5.09. The minimum Gasteiger partial charge on any atom is -0.493 e. The van der Waals surface area contributed by atoms with Crippen molar-refractivity contribution in [1.29, 1.82) is 0 Å². The second kappa shape index (κ2) is 9.31. The molecular formula is C22H33N5O2. The second-order valence-corrected chi connectivity index (χ2v) is 8.06. The summed E-state index contributed by atoms with van der Waals surface area (Å²) in [5.41, 5.74) is 9.55. The summed E-state index contributed by atoms with van der Waals surface area (Å²) in [7, 11) is 5.46. The Morgan fingerprint density at radius 2 is 1.79 bits per heavy atom. The highest BCUT2D eigenvalue weighted by molar-refractivity contribution is 5.52. The Bertz CT molecular complexity index is 832. The summed E-state index contributed by atoms with van der Waals surface area (Å²) in [6.45, 7) is 6.50. The minimum absolute atomic E-state index is 0.345. The normalized spacial score (nSPS) is 15.5. The molecule has 1 saturated heterocycles. The molecule has 7 nitrogen and oxygen atoms in total. The van der Waals surface area contributed by atoms with E-state index in [9.17, 15) is 0 Å². The van der Waals surface area contributed by atoms with E-state index in [4.69, 9.17) is 15.2 Å². The Kier molecular flexibility index (Phi) is 6.79. The van der Waals surface area contributed by atoms with Crippen molar-refractivity contribution in [3.63, 3.8) is 0 Å². The number of benzene rings is 1. The van der Waals surface area contributed by atoms with Gasteiger partial charge in [0.2, 0.25) is 5.95 Å². The van der Waals surface area contributed by atoms with Gasteiger partial charge in [-0.1, -0.05) is 13.8 Å². The van der Waals surface area contributed by atoms with Crippen molar-refractivity contribution in [3.8, 4) is 11.5 Å². The molecule has 29 heavy (non-hydrogen) atoms. The zero-order chi connectivity index (χ0) is 21.0. The quantitative estimate of drug-likeness (QED) is 0.739. The van der Waals surface area contributed by atoms with E-state index in [0.29, 0.717) is 35.9 Å². The van der Waals surface area contributed by atoms with Gasteiger partial charge in [0.15, 0.2) is 11.5 Å². The number of ether oxygens (including phenoxy) is 2. The SMILES string of the molecule is COc1cc(Cc2cnc(NC3CCN(C)CC3)nc2N)c(C(C)C)cc1OC. The molecule has 0 unspecified atom stereocenters. The molecule has 1 aliphatic heterocycles. The molecule has 3 rings (SSSR count).